The minimum atomic E-state index is -0.213. The number of ether oxygens (including phenoxy) is 2. The fourth-order valence-electron chi connectivity index (χ4n) is 1.34. The number of allylic oxidation sites excluding steroid dienone is 2. The Bertz CT molecular complexity index is 620. The molecule has 0 bridgehead atoms. The first-order valence-electron chi connectivity index (χ1n) is 4.98. The molecule has 0 radical (unpaired) electrons. The summed E-state index contributed by atoms with van der Waals surface area (Å²) >= 11 is 0. The second kappa shape index (κ2) is 4.89. The van der Waals surface area contributed by atoms with E-state index in [0.29, 0.717) is 11.5 Å². The minimum absolute atomic E-state index is 0.116. The average Bonchev–Trinajstić information content (AvgIpc) is 2.86. The number of nitrogens with two attached hydrogens (primary N) is 1. The van der Waals surface area contributed by atoms with E-state index in [4.69, 9.17) is 25.7 Å². The quantitative estimate of drug-likeness (QED) is 0.614. The van der Waals surface area contributed by atoms with Crippen molar-refractivity contribution in [3.8, 4) is 23.6 Å². The van der Waals surface area contributed by atoms with Gasteiger partial charge in [-0.3, -0.25) is 0 Å². The van der Waals surface area contributed by atoms with E-state index in [9.17, 15) is 0 Å². The van der Waals surface area contributed by atoms with Crippen LogP contribution in [0.4, 0.5) is 0 Å². The van der Waals surface area contributed by atoms with Crippen LogP contribution in [-0.4, -0.2) is 13.0 Å². The standard InChI is InChI=1S/C12H8N4O2/c13-4-9(15)10(5-14)16-6-8-1-2-11-12(3-8)18-7-17-11/h1-3,6H,7,15H2. The lowest BCUT2D eigenvalue weighted by atomic mass is 10.2. The molecule has 1 aromatic carbocycles. The van der Waals surface area contributed by atoms with E-state index in [1.54, 1.807) is 30.3 Å². The van der Waals surface area contributed by atoms with Crippen LogP contribution in [0, 0.1) is 22.7 Å². The van der Waals surface area contributed by atoms with Gasteiger partial charge in [-0.05, 0) is 23.8 Å². The number of nitrogens with zero attached hydrogens (tertiary/aromatic N) is 3. The van der Waals surface area contributed by atoms with Crippen molar-refractivity contribution < 1.29 is 9.47 Å². The molecule has 0 unspecified atom stereocenters. The molecule has 2 rings (SSSR count). The second-order valence-electron chi connectivity index (χ2n) is 3.36. The number of nitriles is 2. The Balaban J connectivity index is 2.25. The van der Waals surface area contributed by atoms with Crippen molar-refractivity contribution in [1.29, 1.82) is 10.5 Å². The van der Waals surface area contributed by atoms with Gasteiger partial charge >= 0.3 is 0 Å². The summed E-state index contributed by atoms with van der Waals surface area (Å²) in [6.45, 7) is 0.195. The van der Waals surface area contributed by atoms with Crippen molar-refractivity contribution in [2.24, 2.45) is 10.7 Å². The molecule has 1 aliphatic rings. The summed E-state index contributed by atoms with van der Waals surface area (Å²) in [5, 5.41) is 17.3. The van der Waals surface area contributed by atoms with E-state index >= 15 is 0 Å². The Morgan fingerprint density at radius 2 is 2.06 bits per heavy atom. The van der Waals surface area contributed by atoms with Gasteiger partial charge in [0.15, 0.2) is 17.2 Å². The van der Waals surface area contributed by atoms with Crippen LogP contribution in [-0.2, 0) is 0 Å². The van der Waals surface area contributed by atoms with Crippen molar-refractivity contribution in [2.75, 3.05) is 6.79 Å². The van der Waals surface area contributed by atoms with Gasteiger partial charge in [-0.2, -0.15) is 10.5 Å². The summed E-state index contributed by atoms with van der Waals surface area (Å²) in [5.74, 6) is 1.29. The van der Waals surface area contributed by atoms with Crippen LogP contribution in [0.15, 0.2) is 34.6 Å². The average molecular weight is 240 g/mol. The highest BCUT2D eigenvalue weighted by atomic mass is 16.7. The number of fused-ring (bicyclic) bond motifs is 1. The predicted molar refractivity (Wildman–Crippen MR) is 62.6 cm³/mol. The Morgan fingerprint density at radius 1 is 1.28 bits per heavy atom. The summed E-state index contributed by atoms with van der Waals surface area (Å²) in [4.78, 5) is 3.86. The number of hydrogen-bond acceptors (Lipinski definition) is 6. The van der Waals surface area contributed by atoms with Gasteiger partial charge in [-0.15, -0.1) is 0 Å². The van der Waals surface area contributed by atoms with Crippen LogP contribution in [0.1, 0.15) is 5.56 Å². The third kappa shape index (κ3) is 2.23. The van der Waals surface area contributed by atoms with Gasteiger partial charge in [0.1, 0.15) is 17.8 Å². The maximum absolute atomic E-state index is 8.76. The fraction of sp³-hybridized carbons (Fsp3) is 0.0833. The largest absolute Gasteiger partial charge is 0.454 e. The van der Waals surface area contributed by atoms with Crippen LogP contribution in [0.3, 0.4) is 0 Å². The van der Waals surface area contributed by atoms with Gasteiger partial charge in [-0.1, -0.05) is 0 Å². The lowest BCUT2D eigenvalue weighted by molar-refractivity contribution is 0.174. The molecule has 6 nitrogen and oxygen atoms in total. The highest BCUT2D eigenvalue weighted by Gasteiger charge is 2.12. The minimum Gasteiger partial charge on any atom is -0.454 e. The lowest BCUT2D eigenvalue weighted by Gasteiger charge is -1.97. The summed E-state index contributed by atoms with van der Waals surface area (Å²) in [6.07, 6.45) is 1.44. The smallest absolute Gasteiger partial charge is 0.231 e. The molecule has 18 heavy (non-hydrogen) atoms. The molecule has 1 aliphatic heterocycles. The Labute approximate surface area is 103 Å². The third-order valence-corrected chi connectivity index (χ3v) is 2.22. The molecule has 88 valence electrons. The zero-order chi connectivity index (χ0) is 13.0. The second-order valence-corrected chi connectivity index (χ2v) is 3.36. The van der Waals surface area contributed by atoms with Crippen molar-refractivity contribution in [1.82, 2.24) is 0 Å². The molecule has 1 heterocycles. The van der Waals surface area contributed by atoms with Gasteiger partial charge in [0.25, 0.3) is 0 Å². The summed E-state index contributed by atoms with van der Waals surface area (Å²) in [5.41, 5.74) is 5.71. The first-order chi connectivity index (χ1) is 8.74. The fourth-order valence-corrected chi connectivity index (χ4v) is 1.34. The third-order valence-electron chi connectivity index (χ3n) is 2.22. The monoisotopic (exact) mass is 240 g/mol. The maximum Gasteiger partial charge on any atom is 0.231 e. The van der Waals surface area contributed by atoms with Crippen LogP contribution >= 0.6 is 0 Å². The molecule has 0 saturated heterocycles. The number of aliphatic imine (C=N–C) groups is 1. The Hall–Kier alpha value is -2.99. The van der Waals surface area contributed by atoms with Crippen molar-refractivity contribution in [3.05, 3.63) is 35.2 Å². The number of hydrogen-bond donors (Lipinski definition) is 1. The number of rotatable bonds is 2. The molecule has 0 saturated carbocycles. The predicted octanol–water partition coefficient (Wildman–Crippen LogP) is 1.05. The van der Waals surface area contributed by atoms with Crippen LogP contribution in [0.25, 0.3) is 0 Å². The molecule has 6 heteroatoms. The molecule has 0 aromatic heterocycles. The van der Waals surface area contributed by atoms with Gasteiger partial charge in [0.2, 0.25) is 6.79 Å². The zero-order valence-corrected chi connectivity index (χ0v) is 9.25. The molecule has 2 N–H and O–H groups in total. The van der Waals surface area contributed by atoms with Gasteiger partial charge in [0, 0.05) is 6.21 Å². The van der Waals surface area contributed by atoms with Gasteiger partial charge in [-0.25, -0.2) is 4.99 Å². The molecule has 0 fully saturated rings. The molecular formula is C12H8N4O2. The SMILES string of the molecule is N#CC(N)=C(C#N)N=Cc1ccc2c(c1)OCO2. The van der Waals surface area contributed by atoms with E-state index in [2.05, 4.69) is 4.99 Å². The molecule has 0 aliphatic carbocycles. The molecule has 0 spiro atoms. The topological polar surface area (TPSA) is 104 Å². The summed E-state index contributed by atoms with van der Waals surface area (Å²) < 4.78 is 10.4. The van der Waals surface area contributed by atoms with E-state index < -0.39 is 0 Å². The van der Waals surface area contributed by atoms with Gasteiger partial charge in [0.05, 0.1) is 0 Å². The Morgan fingerprint density at radius 3 is 2.78 bits per heavy atom. The first kappa shape index (κ1) is 11.5. The zero-order valence-electron chi connectivity index (χ0n) is 9.25. The van der Waals surface area contributed by atoms with E-state index in [-0.39, 0.29) is 18.2 Å². The highest BCUT2D eigenvalue weighted by molar-refractivity contribution is 5.82. The first-order valence-corrected chi connectivity index (χ1v) is 4.98. The van der Waals surface area contributed by atoms with Crippen molar-refractivity contribution in [3.63, 3.8) is 0 Å². The number of benzene rings is 1. The van der Waals surface area contributed by atoms with Gasteiger partial charge < -0.3 is 15.2 Å². The maximum atomic E-state index is 8.76. The van der Waals surface area contributed by atoms with Crippen molar-refractivity contribution in [2.45, 2.75) is 0 Å². The van der Waals surface area contributed by atoms with Crippen LogP contribution in [0.2, 0.25) is 0 Å². The molecule has 0 atom stereocenters. The summed E-state index contributed by atoms with van der Waals surface area (Å²) in [6, 6.07) is 8.65. The summed E-state index contributed by atoms with van der Waals surface area (Å²) in [7, 11) is 0. The normalized spacial score (nSPS) is 13.9. The molecule has 0 amide bonds. The van der Waals surface area contributed by atoms with E-state index in [1.807, 2.05) is 0 Å². The highest BCUT2D eigenvalue weighted by Crippen LogP contribution is 2.31. The lowest BCUT2D eigenvalue weighted by Crippen LogP contribution is -1.97. The van der Waals surface area contributed by atoms with Crippen molar-refractivity contribution >= 4 is 6.21 Å². The van der Waals surface area contributed by atoms with E-state index in [0.717, 1.165) is 5.56 Å². The van der Waals surface area contributed by atoms with Crippen LogP contribution < -0.4 is 15.2 Å². The van der Waals surface area contributed by atoms with Crippen LogP contribution in [0.5, 0.6) is 11.5 Å². The molecule has 1 aromatic rings. The Kier molecular flexibility index (Phi) is 3.13. The van der Waals surface area contributed by atoms with E-state index in [1.165, 1.54) is 6.21 Å². The molecular weight excluding hydrogens is 232 g/mol.